The van der Waals surface area contributed by atoms with Crippen molar-refractivity contribution in [3.8, 4) is 5.75 Å². The summed E-state index contributed by atoms with van der Waals surface area (Å²) in [6, 6.07) is 10.0. The van der Waals surface area contributed by atoms with Crippen molar-refractivity contribution in [3.05, 3.63) is 63.7 Å². The molecule has 2 aromatic rings. The molecule has 0 unspecified atom stereocenters. The maximum absolute atomic E-state index is 11.6. The van der Waals surface area contributed by atoms with Crippen molar-refractivity contribution in [3.63, 3.8) is 0 Å². The van der Waals surface area contributed by atoms with Crippen molar-refractivity contribution in [1.29, 1.82) is 0 Å². The van der Waals surface area contributed by atoms with Crippen LogP contribution in [0.5, 0.6) is 5.75 Å². The lowest BCUT2D eigenvalue weighted by molar-refractivity contribution is -0.385. The Morgan fingerprint density at radius 2 is 2.00 bits per heavy atom. The lowest BCUT2D eigenvalue weighted by Gasteiger charge is -2.08. The summed E-state index contributed by atoms with van der Waals surface area (Å²) in [4.78, 5) is 25.5. The van der Waals surface area contributed by atoms with Crippen LogP contribution >= 0.6 is 0 Å². The Kier molecular flexibility index (Phi) is 4.08. The van der Waals surface area contributed by atoms with Gasteiger partial charge in [0, 0.05) is 23.9 Å². The number of carbonyl (C=O) groups is 1. The Morgan fingerprint density at radius 3 is 2.67 bits per heavy atom. The standard InChI is InChI=1S/C15H12N2O4/c1-10(18)11-3-2-4-13(7-11)16-9-12-8-14(17(20)21)5-6-15(12)19/h2-9,19H,1H3/p-1. The molecule has 21 heavy (non-hydrogen) atoms. The van der Waals surface area contributed by atoms with Gasteiger partial charge in [0.2, 0.25) is 0 Å². The molecule has 0 aliphatic heterocycles. The number of carbonyl (C=O) groups excluding carboxylic acids is 1. The summed E-state index contributed by atoms with van der Waals surface area (Å²) in [6.07, 6.45) is 1.26. The number of nitro groups is 1. The SMILES string of the molecule is CC(=O)c1cccc(N=Cc2cc([N+](=O)[O-])ccc2[O-])c1. The van der Waals surface area contributed by atoms with Crippen molar-refractivity contribution in [2.75, 3.05) is 0 Å². The van der Waals surface area contributed by atoms with Crippen LogP contribution in [-0.2, 0) is 0 Å². The number of ketones is 1. The number of aliphatic imine (C=N–C) groups is 1. The molecule has 0 heterocycles. The van der Waals surface area contributed by atoms with E-state index in [4.69, 9.17) is 0 Å². The molecule has 0 amide bonds. The second-order valence-corrected chi connectivity index (χ2v) is 4.34. The number of non-ortho nitro benzene ring substituents is 1. The molecular formula is C15H11N2O4-. The minimum Gasteiger partial charge on any atom is -0.872 e. The van der Waals surface area contributed by atoms with Gasteiger partial charge in [0.25, 0.3) is 5.69 Å². The van der Waals surface area contributed by atoms with Crippen LogP contribution in [-0.4, -0.2) is 16.9 Å². The van der Waals surface area contributed by atoms with Crippen LogP contribution in [0.2, 0.25) is 0 Å². The van der Waals surface area contributed by atoms with E-state index in [9.17, 15) is 20.0 Å². The first-order chi connectivity index (χ1) is 9.97. The Balaban J connectivity index is 2.33. The quantitative estimate of drug-likeness (QED) is 0.373. The van der Waals surface area contributed by atoms with Crippen LogP contribution in [0.3, 0.4) is 0 Å². The third kappa shape index (κ3) is 3.50. The Bertz CT molecular complexity index is 738. The molecular weight excluding hydrogens is 272 g/mol. The molecule has 0 saturated heterocycles. The molecule has 6 nitrogen and oxygen atoms in total. The van der Waals surface area contributed by atoms with Crippen molar-refractivity contribution < 1.29 is 14.8 Å². The second-order valence-electron chi connectivity index (χ2n) is 4.34. The first kappa shape index (κ1) is 14.4. The van der Waals surface area contributed by atoms with Gasteiger partial charge >= 0.3 is 0 Å². The number of rotatable bonds is 4. The lowest BCUT2D eigenvalue weighted by atomic mass is 10.1. The fraction of sp³-hybridized carbons (Fsp3) is 0.0667. The van der Waals surface area contributed by atoms with Gasteiger partial charge in [-0.3, -0.25) is 19.9 Å². The number of hydrogen-bond donors (Lipinski definition) is 0. The van der Waals surface area contributed by atoms with Gasteiger partial charge < -0.3 is 5.11 Å². The highest BCUT2D eigenvalue weighted by Gasteiger charge is 2.05. The van der Waals surface area contributed by atoms with E-state index in [0.29, 0.717) is 11.3 Å². The fourth-order valence-corrected chi connectivity index (χ4v) is 1.70. The van der Waals surface area contributed by atoms with E-state index >= 15 is 0 Å². The summed E-state index contributed by atoms with van der Waals surface area (Å²) >= 11 is 0. The van der Waals surface area contributed by atoms with E-state index in [1.807, 2.05) is 0 Å². The van der Waals surface area contributed by atoms with Crippen molar-refractivity contribution in [2.45, 2.75) is 6.92 Å². The average Bonchev–Trinajstić information content (AvgIpc) is 2.46. The van der Waals surface area contributed by atoms with E-state index < -0.39 is 4.92 Å². The van der Waals surface area contributed by atoms with Gasteiger partial charge in [-0.2, -0.15) is 0 Å². The molecule has 0 fully saturated rings. The highest BCUT2D eigenvalue weighted by atomic mass is 16.6. The zero-order valence-electron chi connectivity index (χ0n) is 11.1. The smallest absolute Gasteiger partial charge is 0.270 e. The molecule has 0 aliphatic rings. The number of benzene rings is 2. The minimum absolute atomic E-state index is 0.0908. The zero-order chi connectivity index (χ0) is 15.4. The maximum Gasteiger partial charge on any atom is 0.270 e. The number of nitro benzene ring substituents is 1. The van der Waals surface area contributed by atoms with E-state index in [2.05, 4.69) is 4.99 Å². The van der Waals surface area contributed by atoms with E-state index in [-0.39, 0.29) is 22.8 Å². The molecule has 0 spiro atoms. The Labute approximate surface area is 120 Å². The van der Waals surface area contributed by atoms with Crippen LogP contribution in [0, 0.1) is 10.1 Å². The summed E-state index contributed by atoms with van der Waals surface area (Å²) in [5, 5.41) is 22.3. The maximum atomic E-state index is 11.6. The summed E-state index contributed by atoms with van der Waals surface area (Å²) in [5.74, 6) is -0.445. The van der Waals surface area contributed by atoms with E-state index in [1.54, 1.807) is 24.3 Å². The Hall–Kier alpha value is -3.02. The molecule has 0 aromatic heterocycles. The van der Waals surface area contributed by atoms with E-state index in [0.717, 1.165) is 12.1 Å². The highest BCUT2D eigenvalue weighted by Crippen LogP contribution is 2.21. The van der Waals surface area contributed by atoms with Gasteiger partial charge in [-0.05, 0) is 24.6 Å². The van der Waals surface area contributed by atoms with Gasteiger partial charge in [-0.25, -0.2) is 0 Å². The summed E-state index contributed by atoms with van der Waals surface area (Å²) in [7, 11) is 0. The zero-order valence-corrected chi connectivity index (χ0v) is 11.1. The monoisotopic (exact) mass is 283 g/mol. The van der Waals surface area contributed by atoms with Crippen LogP contribution in [0.1, 0.15) is 22.8 Å². The summed E-state index contributed by atoms with van der Waals surface area (Å²) < 4.78 is 0. The molecule has 0 bridgehead atoms. The molecule has 2 rings (SSSR count). The summed E-state index contributed by atoms with van der Waals surface area (Å²) in [5.41, 5.74) is 0.950. The first-order valence-electron chi connectivity index (χ1n) is 6.08. The number of Topliss-reactive ketones (excluding diaryl/α,β-unsaturated/α-hetero) is 1. The van der Waals surface area contributed by atoms with Gasteiger partial charge in [0.1, 0.15) is 0 Å². The molecule has 0 radical (unpaired) electrons. The lowest BCUT2D eigenvalue weighted by Crippen LogP contribution is -1.98. The molecule has 0 aliphatic carbocycles. The highest BCUT2D eigenvalue weighted by molar-refractivity contribution is 5.95. The van der Waals surface area contributed by atoms with Crippen molar-refractivity contribution in [1.82, 2.24) is 0 Å². The number of hydrogen-bond acceptors (Lipinski definition) is 5. The molecule has 6 heteroatoms. The average molecular weight is 283 g/mol. The molecule has 0 N–H and O–H groups in total. The largest absolute Gasteiger partial charge is 0.872 e. The van der Waals surface area contributed by atoms with Crippen LogP contribution in [0.25, 0.3) is 0 Å². The second kappa shape index (κ2) is 5.96. The normalized spacial score (nSPS) is 10.7. The Morgan fingerprint density at radius 1 is 1.24 bits per heavy atom. The van der Waals surface area contributed by atoms with Crippen molar-refractivity contribution >= 4 is 23.4 Å². The van der Waals surface area contributed by atoms with E-state index in [1.165, 1.54) is 19.2 Å². The van der Waals surface area contributed by atoms with Crippen LogP contribution in [0.15, 0.2) is 47.5 Å². The van der Waals surface area contributed by atoms with Crippen LogP contribution in [0.4, 0.5) is 11.4 Å². The molecule has 0 saturated carbocycles. The molecule has 106 valence electrons. The third-order valence-electron chi connectivity index (χ3n) is 2.81. The molecule has 0 atom stereocenters. The predicted molar refractivity (Wildman–Crippen MR) is 76.2 cm³/mol. The number of nitrogens with zero attached hydrogens (tertiary/aromatic N) is 2. The van der Waals surface area contributed by atoms with Gasteiger partial charge in [-0.15, -0.1) is 0 Å². The third-order valence-corrected chi connectivity index (χ3v) is 2.81. The van der Waals surface area contributed by atoms with Gasteiger partial charge in [0.05, 0.1) is 10.6 Å². The first-order valence-corrected chi connectivity index (χ1v) is 6.08. The fourth-order valence-electron chi connectivity index (χ4n) is 1.70. The van der Waals surface area contributed by atoms with Gasteiger partial charge in [0.15, 0.2) is 5.78 Å². The predicted octanol–water partition coefficient (Wildman–Crippen LogP) is 2.62. The minimum atomic E-state index is -0.576. The van der Waals surface area contributed by atoms with Crippen molar-refractivity contribution in [2.24, 2.45) is 4.99 Å². The van der Waals surface area contributed by atoms with Gasteiger partial charge in [-0.1, -0.05) is 23.9 Å². The summed E-state index contributed by atoms with van der Waals surface area (Å²) in [6.45, 7) is 1.44. The topological polar surface area (TPSA) is 95.6 Å². The van der Waals surface area contributed by atoms with Crippen LogP contribution < -0.4 is 5.11 Å². The molecule has 2 aromatic carbocycles.